The molecule has 2 aromatic rings. The summed E-state index contributed by atoms with van der Waals surface area (Å²) in [6.45, 7) is 4.47. The number of anilines is 2. The van der Waals surface area contributed by atoms with E-state index >= 15 is 0 Å². The van der Waals surface area contributed by atoms with Gasteiger partial charge in [0.1, 0.15) is 18.3 Å². The number of nitrogens with one attached hydrogen (secondary N) is 1. The van der Waals surface area contributed by atoms with E-state index in [1.807, 2.05) is 20.9 Å². The molecule has 2 heterocycles. The summed E-state index contributed by atoms with van der Waals surface area (Å²) in [6, 6.07) is 0. The molecule has 0 fully saturated rings. The smallest absolute Gasteiger partial charge is 0.242 e. The van der Waals surface area contributed by atoms with Gasteiger partial charge < -0.3 is 15.8 Å². The minimum atomic E-state index is 0.0118. The second-order valence-electron chi connectivity index (χ2n) is 4.62. The highest BCUT2D eigenvalue weighted by Gasteiger charge is 2.10. The Kier molecular flexibility index (Phi) is 4.34. The summed E-state index contributed by atoms with van der Waals surface area (Å²) >= 11 is 0. The molecule has 0 aliphatic carbocycles. The maximum atomic E-state index is 5.97. The quantitative estimate of drug-likeness (QED) is 0.798. The molecule has 20 heavy (non-hydrogen) atoms. The highest BCUT2D eigenvalue weighted by Crippen LogP contribution is 2.25. The van der Waals surface area contributed by atoms with Gasteiger partial charge >= 0.3 is 0 Å². The fourth-order valence-corrected chi connectivity index (χ4v) is 1.63. The standard InChI is InChI=1S/C12H19N7O/c1-8(2)20-12-10(13)11(15-6-16-12)14-5-4-9-17-7-19(3)18-9/h6-8H,4-5,13H2,1-3H3,(H,14,15,16). The van der Waals surface area contributed by atoms with Crippen molar-refractivity contribution in [3.8, 4) is 5.88 Å². The Morgan fingerprint density at radius 2 is 2.15 bits per heavy atom. The molecule has 0 saturated heterocycles. The molecule has 0 amide bonds. The number of nitrogens with zero attached hydrogens (tertiary/aromatic N) is 5. The molecule has 0 bridgehead atoms. The maximum absolute atomic E-state index is 5.97. The Labute approximate surface area is 117 Å². The lowest BCUT2D eigenvalue weighted by Crippen LogP contribution is -2.13. The van der Waals surface area contributed by atoms with Crippen LogP contribution >= 0.6 is 0 Å². The van der Waals surface area contributed by atoms with E-state index in [9.17, 15) is 0 Å². The number of aromatic nitrogens is 5. The number of hydrogen-bond donors (Lipinski definition) is 2. The number of hydrogen-bond acceptors (Lipinski definition) is 7. The molecule has 0 spiro atoms. The van der Waals surface area contributed by atoms with Crippen LogP contribution in [0.4, 0.5) is 11.5 Å². The second kappa shape index (κ2) is 6.18. The van der Waals surface area contributed by atoms with Gasteiger partial charge in [-0.15, -0.1) is 0 Å². The fourth-order valence-electron chi connectivity index (χ4n) is 1.63. The van der Waals surface area contributed by atoms with E-state index in [1.165, 1.54) is 6.33 Å². The third kappa shape index (κ3) is 3.56. The summed E-state index contributed by atoms with van der Waals surface area (Å²) in [5.41, 5.74) is 6.38. The van der Waals surface area contributed by atoms with Crippen LogP contribution in [0, 0.1) is 0 Å². The van der Waals surface area contributed by atoms with Crippen molar-refractivity contribution >= 4 is 11.5 Å². The van der Waals surface area contributed by atoms with Gasteiger partial charge in [0.15, 0.2) is 11.6 Å². The Morgan fingerprint density at radius 1 is 1.35 bits per heavy atom. The number of rotatable bonds is 6. The molecule has 2 aromatic heterocycles. The van der Waals surface area contributed by atoms with Crippen molar-refractivity contribution in [2.24, 2.45) is 7.05 Å². The molecule has 0 aliphatic heterocycles. The van der Waals surface area contributed by atoms with Crippen LogP contribution < -0.4 is 15.8 Å². The molecule has 0 aromatic carbocycles. The van der Waals surface area contributed by atoms with Crippen molar-refractivity contribution in [1.29, 1.82) is 0 Å². The SMILES string of the molecule is CC(C)Oc1ncnc(NCCc2ncn(C)n2)c1N. The van der Waals surface area contributed by atoms with Crippen LogP contribution in [0.25, 0.3) is 0 Å². The molecule has 0 atom stereocenters. The van der Waals surface area contributed by atoms with Gasteiger partial charge in [-0.1, -0.05) is 0 Å². The highest BCUT2D eigenvalue weighted by molar-refractivity contribution is 5.66. The summed E-state index contributed by atoms with van der Waals surface area (Å²) in [5.74, 6) is 1.73. The Bertz CT molecular complexity index is 567. The molecule has 0 saturated carbocycles. The molecule has 108 valence electrons. The van der Waals surface area contributed by atoms with Gasteiger partial charge in [-0.2, -0.15) is 10.1 Å². The number of aryl methyl sites for hydroxylation is 1. The lowest BCUT2D eigenvalue weighted by atomic mass is 10.4. The lowest BCUT2D eigenvalue weighted by molar-refractivity contribution is 0.234. The van der Waals surface area contributed by atoms with Gasteiger partial charge in [-0.3, -0.25) is 4.68 Å². The summed E-state index contributed by atoms with van der Waals surface area (Å²) < 4.78 is 7.18. The highest BCUT2D eigenvalue weighted by atomic mass is 16.5. The van der Waals surface area contributed by atoms with Gasteiger partial charge in [0.2, 0.25) is 5.88 Å². The first-order valence-corrected chi connectivity index (χ1v) is 6.41. The van der Waals surface area contributed by atoms with E-state index in [1.54, 1.807) is 11.0 Å². The van der Waals surface area contributed by atoms with Crippen molar-refractivity contribution in [1.82, 2.24) is 24.7 Å². The van der Waals surface area contributed by atoms with Crippen molar-refractivity contribution in [3.63, 3.8) is 0 Å². The van der Waals surface area contributed by atoms with Crippen molar-refractivity contribution in [2.75, 3.05) is 17.6 Å². The predicted molar refractivity (Wildman–Crippen MR) is 75.4 cm³/mol. The van der Waals surface area contributed by atoms with Gasteiger partial charge in [-0.05, 0) is 13.8 Å². The number of nitrogens with two attached hydrogens (primary N) is 1. The third-order valence-corrected chi connectivity index (χ3v) is 2.48. The normalized spacial score (nSPS) is 10.8. The molecule has 0 aliphatic rings. The van der Waals surface area contributed by atoms with Crippen molar-refractivity contribution in [2.45, 2.75) is 26.4 Å². The number of ether oxygens (including phenoxy) is 1. The van der Waals surface area contributed by atoms with Crippen LogP contribution in [-0.2, 0) is 13.5 Å². The van der Waals surface area contributed by atoms with Gasteiger partial charge in [-0.25, -0.2) is 9.97 Å². The maximum Gasteiger partial charge on any atom is 0.242 e. The van der Waals surface area contributed by atoms with Crippen LogP contribution in [0.5, 0.6) is 5.88 Å². The summed E-state index contributed by atoms with van der Waals surface area (Å²) in [6.07, 6.45) is 3.79. The zero-order valence-corrected chi connectivity index (χ0v) is 11.9. The topological polar surface area (TPSA) is 104 Å². The minimum absolute atomic E-state index is 0.0118. The monoisotopic (exact) mass is 277 g/mol. The van der Waals surface area contributed by atoms with Crippen LogP contribution in [0.3, 0.4) is 0 Å². The predicted octanol–water partition coefficient (Wildman–Crippen LogP) is 0.629. The average molecular weight is 277 g/mol. The summed E-state index contributed by atoms with van der Waals surface area (Å²) in [7, 11) is 1.84. The van der Waals surface area contributed by atoms with E-state index in [2.05, 4.69) is 25.4 Å². The van der Waals surface area contributed by atoms with E-state index < -0.39 is 0 Å². The molecule has 0 radical (unpaired) electrons. The summed E-state index contributed by atoms with van der Waals surface area (Å²) in [5, 5.41) is 7.34. The fraction of sp³-hybridized carbons (Fsp3) is 0.500. The van der Waals surface area contributed by atoms with Crippen LogP contribution in [0.1, 0.15) is 19.7 Å². The molecule has 3 N–H and O–H groups in total. The van der Waals surface area contributed by atoms with Crippen molar-refractivity contribution in [3.05, 3.63) is 18.5 Å². The van der Waals surface area contributed by atoms with Gasteiger partial charge in [0, 0.05) is 20.0 Å². The Balaban J connectivity index is 1.95. The first-order valence-electron chi connectivity index (χ1n) is 6.41. The summed E-state index contributed by atoms with van der Waals surface area (Å²) in [4.78, 5) is 12.3. The van der Waals surface area contributed by atoms with Crippen LogP contribution in [0.2, 0.25) is 0 Å². The zero-order chi connectivity index (χ0) is 14.5. The second-order valence-corrected chi connectivity index (χ2v) is 4.62. The van der Waals surface area contributed by atoms with E-state index in [4.69, 9.17) is 10.5 Å². The van der Waals surface area contributed by atoms with Crippen LogP contribution in [0.15, 0.2) is 12.7 Å². The largest absolute Gasteiger partial charge is 0.473 e. The first-order chi connectivity index (χ1) is 9.56. The molecule has 0 unspecified atom stereocenters. The molecule has 8 heteroatoms. The van der Waals surface area contributed by atoms with Gasteiger partial charge in [0.05, 0.1) is 6.10 Å². The Hall–Kier alpha value is -2.38. The first kappa shape index (κ1) is 14.0. The van der Waals surface area contributed by atoms with E-state index in [0.717, 1.165) is 5.82 Å². The molecule has 8 nitrogen and oxygen atoms in total. The zero-order valence-electron chi connectivity index (χ0n) is 11.9. The van der Waals surface area contributed by atoms with E-state index in [0.29, 0.717) is 30.4 Å². The Morgan fingerprint density at radius 3 is 2.80 bits per heavy atom. The lowest BCUT2D eigenvalue weighted by Gasteiger charge is -2.13. The van der Waals surface area contributed by atoms with Crippen LogP contribution in [-0.4, -0.2) is 37.4 Å². The average Bonchev–Trinajstić information content (AvgIpc) is 2.79. The number of nitrogen functional groups attached to an aromatic ring is 1. The van der Waals surface area contributed by atoms with Gasteiger partial charge in [0.25, 0.3) is 0 Å². The molecular formula is C12H19N7O. The molecule has 2 rings (SSSR count). The van der Waals surface area contributed by atoms with Crippen molar-refractivity contribution < 1.29 is 4.74 Å². The van der Waals surface area contributed by atoms with E-state index in [-0.39, 0.29) is 6.10 Å². The minimum Gasteiger partial charge on any atom is -0.473 e. The molecular weight excluding hydrogens is 258 g/mol. The third-order valence-electron chi connectivity index (χ3n) is 2.48.